The Morgan fingerprint density at radius 2 is 1.47 bits per heavy atom. The summed E-state index contributed by atoms with van der Waals surface area (Å²) in [6, 6.07) is 21.0. The summed E-state index contributed by atoms with van der Waals surface area (Å²) in [6.45, 7) is -0.989. The van der Waals surface area contributed by atoms with Gasteiger partial charge in [-0.25, -0.2) is 8.78 Å². The Morgan fingerprint density at radius 3 is 2.18 bits per heavy atom. The first kappa shape index (κ1) is 23.4. The zero-order chi connectivity index (χ0) is 24.1. The van der Waals surface area contributed by atoms with Crippen LogP contribution in [0.25, 0.3) is 10.8 Å². The minimum Gasteiger partial charge on any atom is -0.432 e. The molecule has 5 heteroatoms. The highest BCUT2D eigenvalue weighted by Crippen LogP contribution is 2.24. The molecule has 0 aliphatic rings. The van der Waals surface area contributed by atoms with Crippen molar-refractivity contribution in [1.29, 1.82) is 0 Å². The van der Waals surface area contributed by atoms with Crippen LogP contribution in [0, 0.1) is 23.5 Å². The summed E-state index contributed by atoms with van der Waals surface area (Å²) in [5.41, 5.74) is 4.09. The van der Waals surface area contributed by atoms with Crippen molar-refractivity contribution in [3.63, 3.8) is 0 Å². The van der Waals surface area contributed by atoms with Crippen LogP contribution in [-0.2, 0) is 19.3 Å². The van der Waals surface area contributed by atoms with Crippen LogP contribution in [0.3, 0.4) is 0 Å². The standard InChI is InChI=1S/C29H22F4O/c1-2-19-3-5-20(6-4-19)7-8-21-10-15-25-24(17-21)14-13-23(28(25)31)12-9-22-11-16-27(26(30)18-22)34-29(32)33/h3-6,10-11,13-18,29H,2,7-8H2,1H3. The van der Waals surface area contributed by atoms with Crippen LogP contribution >= 0.6 is 0 Å². The molecule has 0 aliphatic carbocycles. The second kappa shape index (κ2) is 10.4. The molecule has 4 aromatic carbocycles. The number of ether oxygens (including phenoxy) is 1. The monoisotopic (exact) mass is 462 g/mol. The molecule has 0 amide bonds. The van der Waals surface area contributed by atoms with Gasteiger partial charge in [0.15, 0.2) is 11.6 Å². The van der Waals surface area contributed by atoms with Crippen LogP contribution < -0.4 is 4.74 Å². The van der Waals surface area contributed by atoms with Crippen molar-refractivity contribution < 1.29 is 22.3 Å². The van der Waals surface area contributed by atoms with Crippen LogP contribution in [0.2, 0.25) is 0 Å². The van der Waals surface area contributed by atoms with Gasteiger partial charge in [0.05, 0.1) is 5.56 Å². The second-order valence-electron chi connectivity index (χ2n) is 7.93. The van der Waals surface area contributed by atoms with Gasteiger partial charge in [-0.3, -0.25) is 0 Å². The molecular weight excluding hydrogens is 440 g/mol. The van der Waals surface area contributed by atoms with E-state index in [2.05, 4.69) is 47.8 Å². The average Bonchev–Trinajstić information content (AvgIpc) is 2.84. The first-order valence-electron chi connectivity index (χ1n) is 11.0. The molecule has 4 aromatic rings. The third-order valence-electron chi connectivity index (χ3n) is 5.64. The lowest BCUT2D eigenvalue weighted by Crippen LogP contribution is -2.03. The van der Waals surface area contributed by atoms with E-state index in [1.807, 2.05) is 18.2 Å². The molecule has 0 radical (unpaired) electrons. The third kappa shape index (κ3) is 5.58. The van der Waals surface area contributed by atoms with Crippen molar-refractivity contribution in [3.8, 4) is 17.6 Å². The molecule has 0 saturated carbocycles. The van der Waals surface area contributed by atoms with Gasteiger partial charge in [-0.15, -0.1) is 0 Å². The van der Waals surface area contributed by atoms with Gasteiger partial charge in [-0.1, -0.05) is 67.3 Å². The lowest BCUT2D eigenvalue weighted by Gasteiger charge is -2.07. The molecule has 0 heterocycles. The van der Waals surface area contributed by atoms with Crippen molar-refractivity contribution in [3.05, 3.63) is 112 Å². The molecule has 4 rings (SSSR count). The summed E-state index contributed by atoms with van der Waals surface area (Å²) in [5.74, 6) is 3.40. The van der Waals surface area contributed by atoms with Crippen LogP contribution in [0.15, 0.2) is 72.8 Å². The van der Waals surface area contributed by atoms with Crippen molar-refractivity contribution in [2.24, 2.45) is 0 Å². The molecule has 1 nitrogen and oxygen atoms in total. The van der Waals surface area contributed by atoms with Crippen molar-refractivity contribution in [1.82, 2.24) is 0 Å². The van der Waals surface area contributed by atoms with Gasteiger partial charge < -0.3 is 4.74 Å². The zero-order valence-corrected chi connectivity index (χ0v) is 18.5. The summed E-state index contributed by atoms with van der Waals surface area (Å²) in [6.07, 6.45) is 2.77. The van der Waals surface area contributed by atoms with Gasteiger partial charge in [0.2, 0.25) is 0 Å². The number of rotatable bonds is 6. The number of halogens is 4. The van der Waals surface area contributed by atoms with Gasteiger partial charge in [0, 0.05) is 10.9 Å². The minimum atomic E-state index is -3.12. The SMILES string of the molecule is CCc1ccc(CCc2ccc3c(F)c(C#Cc4ccc(OC(F)F)c(F)c4)ccc3c2)cc1. The molecule has 34 heavy (non-hydrogen) atoms. The molecule has 0 N–H and O–H groups in total. The zero-order valence-electron chi connectivity index (χ0n) is 18.5. The molecule has 0 unspecified atom stereocenters. The highest BCUT2D eigenvalue weighted by atomic mass is 19.3. The molecule has 0 fully saturated rings. The Labute approximate surface area is 196 Å². The summed E-state index contributed by atoms with van der Waals surface area (Å²) >= 11 is 0. The number of hydrogen-bond acceptors (Lipinski definition) is 1. The summed E-state index contributed by atoms with van der Waals surface area (Å²) < 4.78 is 57.5. The van der Waals surface area contributed by atoms with E-state index in [0.717, 1.165) is 42.3 Å². The maximum atomic E-state index is 15.0. The predicted octanol–water partition coefficient (Wildman–Crippen LogP) is 7.47. The Bertz CT molecular complexity index is 1370. The largest absolute Gasteiger partial charge is 0.432 e. The van der Waals surface area contributed by atoms with Gasteiger partial charge >= 0.3 is 6.61 Å². The number of hydrogen-bond donors (Lipinski definition) is 0. The fraction of sp³-hybridized carbons (Fsp3) is 0.172. The molecule has 0 aliphatic heterocycles. The maximum absolute atomic E-state index is 15.0. The molecule has 0 saturated heterocycles. The van der Waals surface area contributed by atoms with E-state index < -0.39 is 24.0 Å². The Morgan fingerprint density at radius 1 is 0.765 bits per heavy atom. The van der Waals surface area contributed by atoms with E-state index in [1.165, 1.54) is 17.2 Å². The fourth-order valence-electron chi connectivity index (χ4n) is 3.73. The first-order chi connectivity index (χ1) is 16.4. The van der Waals surface area contributed by atoms with E-state index in [1.54, 1.807) is 12.1 Å². The van der Waals surface area contributed by atoms with Gasteiger partial charge in [-0.05, 0) is 65.6 Å². The Kier molecular flexibility index (Phi) is 7.18. The van der Waals surface area contributed by atoms with E-state index in [4.69, 9.17) is 0 Å². The number of aryl methyl sites for hydroxylation is 3. The Hall–Kier alpha value is -3.78. The summed E-state index contributed by atoms with van der Waals surface area (Å²) in [5, 5.41) is 1.23. The molecule has 0 atom stereocenters. The first-order valence-corrected chi connectivity index (χ1v) is 11.0. The fourth-order valence-corrected chi connectivity index (χ4v) is 3.73. The summed E-state index contributed by atoms with van der Waals surface area (Å²) in [4.78, 5) is 0. The molecule has 0 bridgehead atoms. The van der Waals surface area contributed by atoms with E-state index in [0.29, 0.717) is 5.39 Å². The smallest absolute Gasteiger partial charge is 0.387 e. The molecular formula is C29H22F4O. The van der Waals surface area contributed by atoms with Gasteiger partial charge in [-0.2, -0.15) is 8.78 Å². The second-order valence-corrected chi connectivity index (χ2v) is 7.93. The quantitative estimate of drug-likeness (QED) is 0.213. The highest BCUT2D eigenvalue weighted by Gasteiger charge is 2.10. The molecule has 0 aromatic heterocycles. The number of fused-ring (bicyclic) bond motifs is 1. The molecule has 172 valence electrons. The van der Waals surface area contributed by atoms with Gasteiger partial charge in [0.25, 0.3) is 0 Å². The van der Waals surface area contributed by atoms with Crippen LogP contribution in [0.4, 0.5) is 17.6 Å². The minimum absolute atomic E-state index is 0.171. The predicted molar refractivity (Wildman–Crippen MR) is 126 cm³/mol. The summed E-state index contributed by atoms with van der Waals surface area (Å²) in [7, 11) is 0. The lowest BCUT2D eigenvalue weighted by molar-refractivity contribution is -0.0521. The van der Waals surface area contributed by atoms with Crippen LogP contribution in [0.1, 0.15) is 34.7 Å². The Balaban J connectivity index is 1.50. The van der Waals surface area contributed by atoms with Crippen LogP contribution in [-0.4, -0.2) is 6.61 Å². The average molecular weight is 462 g/mol. The van der Waals surface area contributed by atoms with E-state index in [-0.39, 0.29) is 11.1 Å². The van der Waals surface area contributed by atoms with E-state index >= 15 is 4.39 Å². The molecule has 0 spiro atoms. The third-order valence-corrected chi connectivity index (χ3v) is 5.64. The van der Waals surface area contributed by atoms with Gasteiger partial charge in [0.1, 0.15) is 5.82 Å². The van der Waals surface area contributed by atoms with Crippen molar-refractivity contribution >= 4 is 10.8 Å². The normalized spacial score (nSPS) is 10.9. The maximum Gasteiger partial charge on any atom is 0.387 e. The number of benzene rings is 4. The highest BCUT2D eigenvalue weighted by molar-refractivity contribution is 5.85. The topological polar surface area (TPSA) is 9.23 Å². The van der Waals surface area contributed by atoms with E-state index in [9.17, 15) is 13.2 Å². The van der Waals surface area contributed by atoms with Crippen LogP contribution in [0.5, 0.6) is 5.75 Å². The van der Waals surface area contributed by atoms with Crippen molar-refractivity contribution in [2.75, 3.05) is 0 Å². The number of alkyl halides is 2. The van der Waals surface area contributed by atoms with Crippen molar-refractivity contribution in [2.45, 2.75) is 32.8 Å². The lowest BCUT2D eigenvalue weighted by atomic mass is 9.99.